The normalized spacial score (nSPS) is 17.3. The van der Waals surface area contributed by atoms with Crippen LogP contribution in [0.3, 0.4) is 0 Å². The first-order chi connectivity index (χ1) is 19.7. The molecule has 1 saturated heterocycles. The summed E-state index contributed by atoms with van der Waals surface area (Å²) in [5, 5.41) is 27.6. The van der Waals surface area contributed by atoms with Gasteiger partial charge in [0.15, 0.2) is 0 Å². The van der Waals surface area contributed by atoms with E-state index < -0.39 is 20.9 Å². The quantitative estimate of drug-likeness (QED) is 0.165. The molecule has 2 aromatic carbocycles. The van der Waals surface area contributed by atoms with Gasteiger partial charge in [0.1, 0.15) is 9.96 Å². The first-order valence-electron chi connectivity index (χ1n) is 13.9. The molecule has 2 heterocycles. The lowest BCUT2D eigenvalue weighted by molar-refractivity contribution is -0.384. The lowest BCUT2D eigenvalue weighted by atomic mass is 9.83. The summed E-state index contributed by atoms with van der Waals surface area (Å²) in [4.78, 5) is 23.5. The van der Waals surface area contributed by atoms with Crippen LogP contribution in [0.4, 0.5) is 11.4 Å². The molecule has 218 valence electrons. The number of phenols is 1. The summed E-state index contributed by atoms with van der Waals surface area (Å²) in [6.45, 7) is 0.901. The van der Waals surface area contributed by atoms with Gasteiger partial charge in [0.05, 0.1) is 11.5 Å². The number of nitro groups is 1. The maximum absolute atomic E-state index is 13.3. The van der Waals surface area contributed by atoms with Crippen molar-refractivity contribution < 1.29 is 23.2 Å². The molecular weight excluding hydrogens is 564 g/mol. The number of phenolic OH excluding ortho intramolecular Hbond substituents is 1. The van der Waals surface area contributed by atoms with Gasteiger partial charge in [-0.2, -0.15) is 4.31 Å². The number of sulfonamides is 1. The molecule has 1 saturated carbocycles. The van der Waals surface area contributed by atoms with Crippen LogP contribution in [-0.4, -0.2) is 47.8 Å². The van der Waals surface area contributed by atoms with E-state index in [1.807, 2.05) is 6.07 Å². The average Bonchev–Trinajstić information content (AvgIpc) is 3.48. The summed E-state index contributed by atoms with van der Waals surface area (Å²) in [6.07, 6.45) is 7.16. The number of piperidine rings is 1. The molecule has 1 aliphatic heterocycles. The van der Waals surface area contributed by atoms with Crippen LogP contribution in [0.5, 0.6) is 5.75 Å². The number of amides is 1. The number of nitrogens with zero attached hydrogens (tertiary/aromatic N) is 2. The van der Waals surface area contributed by atoms with Gasteiger partial charge in [-0.3, -0.25) is 14.9 Å². The lowest BCUT2D eigenvalue weighted by Gasteiger charge is -2.32. The third kappa shape index (κ3) is 6.88. The highest BCUT2D eigenvalue weighted by Crippen LogP contribution is 2.38. The van der Waals surface area contributed by atoms with Gasteiger partial charge >= 0.3 is 0 Å². The number of nitro benzene ring substituents is 1. The Hall–Kier alpha value is -3.48. The molecule has 12 heteroatoms. The molecule has 0 bridgehead atoms. The molecule has 41 heavy (non-hydrogen) atoms. The number of carbonyl (C=O) groups excluding carboxylic acids is 1. The number of nitrogens with one attached hydrogen (secondary N) is 2. The first-order valence-corrected chi connectivity index (χ1v) is 16.2. The molecule has 1 aromatic heterocycles. The fourth-order valence-electron chi connectivity index (χ4n) is 5.61. The zero-order valence-corrected chi connectivity index (χ0v) is 24.3. The maximum atomic E-state index is 13.3. The Morgan fingerprint density at radius 2 is 1.78 bits per heavy atom. The van der Waals surface area contributed by atoms with Crippen LogP contribution in [0.25, 0.3) is 0 Å². The lowest BCUT2D eigenvalue weighted by Crippen LogP contribution is -2.42. The molecule has 0 spiro atoms. The number of aromatic hydroxyl groups is 1. The summed E-state index contributed by atoms with van der Waals surface area (Å²) in [5.74, 6) is 0.268. The molecule has 1 aliphatic carbocycles. The first kappa shape index (κ1) is 29.0. The molecule has 1 amide bonds. The van der Waals surface area contributed by atoms with Crippen LogP contribution in [0.15, 0.2) is 58.8 Å². The van der Waals surface area contributed by atoms with Gasteiger partial charge < -0.3 is 15.7 Å². The van der Waals surface area contributed by atoms with Crippen LogP contribution in [0.2, 0.25) is 0 Å². The van der Waals surface area contributed by atoms with Gasteiger partial charge in [-0.05, 0) is 73.6 Å². The van der Waals surface area contributed by atoms with E-state index in [0.717, 1.165) is 35.4 Å². The van der Waals surface area contributed by atoms with Crippen LogP contribution >= 0.6 is 11.3 Å². The third-order valence-corrected chi connectivity index (χ3v) is 11.3. The van der Waals surface area contributed by atoms with Gasteiger partial charge in [-0.1, -0.05) is 25.3 Å². The van der Waals surface area contributed by atoms with Crippen molar-refractivity contribution in [3.63, 3.8) is 0 Å². The molecule has 3 aromatic rings. The number of anilines is 1. The fraction of sp³-hybridized carbons (Fsp3) is 0.414. The fourth-order valence-corrected chi connectivity index (χ4v) is 8.53. The molecule has 5 rings (SSSR count). The topological polar surface area (TPSA) is 142 Å². The number of thiophene rings is 1. The molecule has 2 aliphatic rings. The Labute approximate surface area is 243 Å². The minimum Gasteiger partial charge on any atom is -0.508 e. The monoisotopic (exact) mass is 598 g/mol. The number of benzene rings is 2. The summed E-state index contributed by atoms with van der Waals surface area (Å²) in [5.41, 5.74) is 1.95. The average molecular weight is 599 g/mol. The van der Waals surface area contributed by atoms with E-state index in [2.05, 4.69) is 16.7 Å². The summed E-state index contributed by atoms with van der Waals surface area (Å²) >= 11 is 1.11. The van der Waals surface area contributed by atoms with Crippen molar-refractivity contribution >= 4 is 38.6 Å². The van der Waals surface area contributed by atoms with Crippen molar-refractivity contribution in [2.75, 3.05) is 18.4 Å². The van der Waals surface area contributed by atoms with E-state index in [4.69, 9.17) is 0 Å². The number of rotatable bonds is 9. The minimum atomic E-state index is -3.67. The maximum Gasteiger partial charge on any atom is 0.270 e. The van der Waals surface area contributed by atoms with Gasteiger partial charge in [0.25, 0.3) is 21.6 Å². The Kier molecular flexibility index (Phi) is 8.91. The van der Waals surface area contributed by atoms with Crippen molar-refractivity contribution in [1.29, 1.82) is 0 Å². The predicted molar refractivity (Wildman–Crippen MR) is 158 cm³/mol. The van der Waals surface area contributed by atoms with Crippen molar-refractivity contribution in [3.05, 3.63) is 80.7 Å². The highest BCUT2D eigenvalue weighted by Gasteiger charge is 2.31. The largest absolute Gasteiger partial charge is 0.508 e. The van der Waals surface area contributed by atoms with Crippen LogP contribution in [-0.2, 0) is 16.6 Å². The summed E-state index contributed by atoms with van der Waals surface area (Å²) in [6, 6.07) is 14.5. The molecule has 0 atom stereocenters. The zero-order valence-electron chi connectivity index (χ0n) is 22.6. The smallest absolute Gasteiger partial charge is 0.270 e. The summed E-state index contributed by atoms with van der Waals surface area (Å²) in [7, 11) is -3.67. The van der Waals surface area contributed by atoms with Crippen LogP contribution in [0, 0.1) is 10.1 Å². The van der Waals surface area contributed by atoms with E-state index >= 15 is 0 Å². The highest BCUT2D eigenvalue weighted by atomic mass is 32.2. The van der Waals surface area contributed by atoms with Gasteiger partial charge in [-0.25, -0.2) is 8.42 Å². The van der Waals surface area contributed by atoms with Crippen molar-refractivity contribution in [3.8, 4) is 5.75 Å². The Morgan fingerprint density at radius 3 is 2.51 bits per heavy atom. The molecule has 2 fully saturated rings. The second kappa shape index (κ2) is 12.6. The number of hydrogen-bond acceptors (Lipinski definition) is 8. The van der Waals surface area contributed by atoms with E-state index in [-0.39, 0.29) is 28.0 Å². The number of hydrogen-bond donors (Lipinski definition) is 3. The van der Waals surface area contributed by atoms with Crippen molar-refractivity contribution in [1.82, 2.24) is 9.62 Å². The SMILES string of the molecule is O=C(NCc1ccc(S(=O)(=O)N2CCC(Nc3ccc(O)c(C4CCCCC4)c3)CC2)s1)c1cccc([N+](=O)[O-])c1. The van der Waals surface area contributed by atoms with E-state index in [9.17, 15) is 28.4 Å². The van der Waals surface area contributed by atoms with Crippen molar-refractivity contribution in [2.45, 2.75) is 67.7 Å². The van der Waals surface area contributed by atoms with E-state index in [0.29, 0.717) is 42.5 Å². The van der Waals surface area contributed by atoms with Crippen LogP contribution < -0.4 is 10.6 Å². The number of carbonyl (C=O) groups is 1. The van der Waals surface area contributed by atoms with Crippen molar-refractivity contribution in [2.24, 2.45) is 0 Å². The van der Waals surface area contributed by atoms with Gasteiger partial charge in [0.2, 0.25) is 0 Å². The van der Waals surface area contributed by atoms with E-state index in [1.165, 1.54) is 47.8 Å². The molecule has 0 radical (unpaired) electrons. The molecule has 10 nitrogen and oxygen atoms in total. The highest BCUT2D eigenvalue weighted by molar-refractivity contribution is 7.91. The second-order valence-electron chi connectivity index (χ2n) is 10.6. The van der Waals surface area contributed by atoms with Gasteiger partial charge in [-0.15, -0.1) is 11.3 Å². The van der Waals surface area contributed by atoms with Crippen LogP contribution in [0.1, 0.15) is 71.7 Å². The standard InChI is InChI=1S/C29H34N4O6S2/c34-27-11-9-23(18-26(27)20-5-2-1-3-6-20)31-22-13-15-32(16-14-22)41(38,39)28-12-10-25(40-28)19-30-29(35)21-7-4-8-24(17-21)33(36)37/h4,7-12,17-18,20,22,31,34H,1-3,5-6,13-16,19H2,(H,30,35). The van der Waals surface area contributed by atoms with E-state index in [1.54, 1.807) is 18.2 Å². The Balaban J connectivity index is 1.15. The number of non-ortho nitro benzene ring substituents is 1. The summed E-state index contributed by atoms with van der Waals surface area (Å²) < 4.78 is 28.4. The zero-order chi connectivity index (χ0) is 29.0. The Bertz CT molecular complexity index is 1510. The molecular formula is C29H34N4O6S2. The molecule has 3 N–H and O–H groups in total. The predicted octanol–water partition coefficient (Wildman–Crippen LogP) is 5.60. The molecule has 0 unspecified atom stereocenters. The van der Waals surface area contributed by atoms with Gasteiger partial charge in [0, 0.05) is 47.4 Å². The Morgan fingerprint density at radius 1 is 1.02 bits per heavy atom. The minimum absolute atomic E-state index is 0.114. The second-order valence-corrected chi connectivity index (χ2v) is 14.0. The third-order valence-electron chi connectivity index (χ3n) is 7.87.